The van der Waals surface area contributed by atoms with Gasteiger partial charge in [-0.1, -0.05) is 57.2 Å². The van der Waals surface area contributed by atoms with E-state index < -0.39 is 25.6 Å². The van der Waals surface area contributed by atoms with Gasteiger partial charge in [-0.3, -0.25) is 9.78 Å². The van der Waals surface area contributed by atoms with Gasteiger partial charge in [0.2, 0.25) is 0 Å². The molecule has 2 atom stereocenters. The number of nitrogens with zero attached hydrogens (tertiary/aromatic N) is 3. The summed E-state index contributed by atoms with van der Waals surface area (Å²) >= 11 is 0. The standard InChI is InChI=1S/C40H57N3O5Si/c1-38(2,3)47-37(45)43-21-15-18-33(43)23-30-19-20-31(36(44)42(9)27-28-22-32(26-41-25-28)40(7,8)46)24-34(30)35(29-16-13-12-14-17-29)48-49(10,11)39(4,5)6/h12-14,16-17,19-20,22,24-26,33,35,46H,15,18,21,23,27H2,1-11H3. The number of carbonyl (C=O) groups is 2. The topological polar surface area (TPSA) is 92.2 Å². The van der Waals surface area contributed by atoms with Crippen LogP contribution in [0.15, 0.2) is 67.0 Å². The summed E-state index contributed by atoms with van der Waals surface area (Å²) in [5, 5.41) is 10.5. The molecule has 1 N–H and O–H groups in total. The highest BCUT2D eigenvalue weighted by molar-refractivity contribution is 6.74. The average Bonchev–Trinajstić information content (AvgIpc) is 3.47. The van der Waals surface area contributed by atoms with E-state index in [0.29, 0.717) is 30.6 Å². The van der Waals surface area contributed by atoms with E-state index in [1.54, 1.807) is 38.2 Å². The minimum Gasteiger partial charge on any atom is -0.444 e. The Morgan fingerprint density at radius 3 is 2.29 bits per heavy atom. The Morgan fingerprint density at radius 2 is 1.67 bits per heavy atom. The van der Waals surface area contributed by atoms with Gasteiger partial charge in [-0.05, 0) is 112 Å². The molecule has 2 aromatic carbocycles. The van der Waals surface area contributed by atoms with Gasteiger partial charge in [0.1, 0.15) is 5.60 Å². The van der Waals surface area contributed by atoms with Crippen LogP contribution in [0.1, 0.15) is 113 Å². The molecule has 2 heterocycles. The lowest BCUT2D eigenvalue weighted by Gasteiger charge is -2.40. The highest BCUT2D eigenvalue weighted by atomic mass is 28.4. The maximum absolute atomic E-state index is 14.1. The summed E-state index contributed by atoms with van der Waals surface area (Å²) in [6, 6.07) is 18.0. The lowest BCUT2D eigenvalue weighted by atomic mass is 9.90. The zero-order chi connectivity index (χ0) is 36.4. The Labute approximate surface area is 295 Å². The van der Waals surface area contributed by atoms with E-state index in [2.05, 4.69) is 51.0 Å². The second-order valence-electron chi connectivity index (χ2n) is 16.6. The molecule has 0 radical (unpaired) electrons. The van der Waals surface area contributed by atoms with Crippen LogP contribution in [0.2, 0.25) is 18.1 Å². The number of aliphatic hydroxyl groups is 1. The van der Waals surface area contributed by atoms with Crippen molar-refractivity contribution in [1.29, 1.82) is 0 Å². The smallest absolute Gasteiger partial charge is 0.410 e. The number of ether oxygens (including phenoxy) is 1. The third-order valence-corrected chi connectivity index (χ3v) is 14.2. The molecule has 4 rings (SSSR count). The summed E-state index contributed by atoms with van der Waals surface area (Å²) in [6.45, 7) is 21.3. The molecule has 266 valence electrons. The second-order valence-corrected chi connectivity index (χ2v) is 21.3. The molecule has 49 heavy (non-hydrogen) atoms. The van der Waals surface area contributed by atoms with E-state index in [4.69, 9.17) is 9.16 Å². The molecular weight excluding hydrogens is 631 g/mol. The number of pyridine rings is 1. The zero-order valence-corrected chi connectivity index (χ0v) is 32.5. The Morgan fingerprint density at radius 1 is 1.00 bits per heavy atom. The van der Waals surface area contributed by atoms with Gasteiger partial charge in [0, 0.05) is 49.7 Å². The number of likely N-dealkylation sites (tertiary alicyclic amines) is 1. The van der Waals surface area contributed by atoms with Crippen molar-refractivity contribution in [1.82, 2.24) is 14.8 Å². The molecule has 2 unspecified atom stereocenters. The summed E-state index contributed by atoms with van der Waals surface area (Å²) in [7, 11) is -0.522. The number of hydrogen-bond acceptors (Lipinski definition) is 6. The van der Waals surface area contributed by atoms with Crippen molar-refractivity contribution in [2.45, 2.75) is 123 Å². The van der Waals surface area contributed by atoms with Crippen molar-refractivity contribution >= 4 is 20.3 Å². The van der Waals surface area contributed by atoms with Crippen LogP contribution in [0.25, 0.3) is 0 Å². The molecule has 1 aliphatic rings. The predicted molar refractivity (Wildman–Crippen MR) is 198 cm³/mol. The molecule has 0 saturated carbocycles. The zero-order valence-electron chi connectivity index (χ0n) is 31.5. The molecular formula is C40H57N3O5Si. The third kappa shape index (κ3) is 9.80. The lowest BCUT2D eigenvalue weighted by molar-refractivity contribution is 0.0226. The van der Waals surface area contributed by atoms with Crippen LogP contribution in [-0.2, 0) is 27.7 Å². The van der Waals surface area contributed by atoms with Gasteiger partial charge in [-0.15, -0.1) is 0 Å². The summed E-state index contributed by atoms with van der Waals surface area (Å²) in [5.74, 6) is -0.128. The molecule has 8 nitrogen and oxygen atoms in total. The summed E-state index contributed by atoms with van der Waals surface area (Å²) < 4.78 is 13.0. The van der Waals surface area contributed by atoms with Gasteiger partial charge in [0.25, 0.3) is 5.91 Å². The van der Waals surface area contributed by atoms with Crippen molar-refractivity contribution < 1.29 is 23.9 Å². The van der Waals surface area contributed by atoms with E-state index in [0.717, 1.165) is 35.1 Å². The highest BCUT2D eigenvalue weighted by Gasteiger charge is 2.41. The Kier molecular flexibility index (Phi) is 11.5. The lowest BCUT2D eigenvalue weighted by Crippen LogP contribution is -2.42. The maximum Gasteiger partial charge on any atom is 0.410 e. The highest BCUT2D eigenvalue weighted by Crippen LogP contribution is 2.43. The first-order valence-corrected chi connectivity index (χ1v) is 20.3. The van der Waals surface area contributed by atoms with Crippen molar-refractivity contribution in [3.63, 3.8) is 0 Å². The fourth-order valence-electron chi connectivity index (χ4n) is 5.91. The van der Waals surface area contributed by atoms with Crippen molar-refractivity contribution in [3.8, 4) is 0 Å². The summed E-state index contributed by atoms with van der Waals surface area (Å²) in [4.78, 5) is 35.2. The van der Waals surface area contributed by atoms with Gasteiger partial charge in [0.05, 0.1) is 11.7 Å². The second kappa shape index (κ2) is 14.8. The predicted octanol–water partition coefficient (Wildman–Crippen LogP) is 8.63. The maximum atomic E-state index is 14.1. The van der Waals surface area contributed by atoms with Crippen molar-refractivity contribution in [3.05, 3.63) is 100 Å². The minimum atomic E-state index is -2.30. The first kappa shape index (κ1) is 38.3. The normalized spacial score (nSPS) is 16.4. The molecule has 1 aromatic heterocycles. The molecule has 9 heteroatoms. The number of rotatable bonds is 10. The first-order chi connectivity index (χ1) is 22.7. The molecule has 0 aliphatic carbocycles. The Hall–Kier alpha value is -3.53. The largest absolute Gasteiger partial charge is 0.444 e. The SMILES string of the molecule is CN(Cc1cncc(C(C)(C)O)c1)C(=O)c1ccc(CC2CCCN2C(=O)OC(C)(C)C)c(C(O[Si](C)(C)C(C)(C)C)c2ccccc2)c1. The first-order valence-electron chi connectivity index (χ1n) is 17.4. The van der Waals surface area contributed by atoms with Crippen LogP contribution in [0.4, 0.5) is 4.79 Å². The van der Waals surface area contributed by atoms with E-state index in [9.17, 15) is 14.7 Å². The average molecular weight is 688 g/mol. The molecule has 1 fully saturated rings. The molecule has 1 aliphatic heterocycles. The fourth-order valence-corrected chi connectivity index (χ4v) is 7.11. The summed E-state index contributed by atoms with van der Waals surface area (Å²) in [6.07, 6.45) is 5.09. The van der Waals surface area contributed by atoms with Crippen LogP contribution >= 0.6 is 0 Å². The van der Waals surface area contributed by atoms with Gasteiger partial charge in [0.15, 0.2) is 8.32 Å². The van der Waals surface area contributed by atoms with E-state index >= 15 is 0 Å². The molecule has 1 saturated heterocycles. The van der Waals surface area contributed by atoms with Gasteiger partial charge >= 0.3 is 6.09 Å². The molecule has 0 spiro atoms. The third-order valence-electron chi connectivity index (χ3n) is 9.72. The minimum absolute atomic E-state index is 0.0299. The van der Waals surface area contributed by atoms with E-state index in [1.165, 1.54) is 0 Å². The number of benzene rings is 2. The van der Waals surface area contributed by atoms with Gasteiger partial charge in [-0.25, -0.2) is 4.79 Å². The molecule has 0 bridgehead atoms. The Balaban J connectivity index is 1.77. The summed E-state index contributed by atoms with van der Waals surface area (Å²) in [5.41, 5.74) is 3.49. The van der Waals surface area contributed by atoms with Crippen LogP contribution in [0.5, 0.6) is 0 Å². The van der Waals surface area contributed by atoms with Crippen LogP contribution in [-0.4, -0.2) is 65.4 Å². The molecule has 3 aromatic rings. The van der Waals surface area contributed by atoms with Gasteiger partial charge < -0.3 is 24.1 Å². The van der Waals surface area contributed by atoms with Crippen LogP contribution in [0, 0.1) is 0 Å². The van der Waals surface area contributed by atoms with E-state index in [-0.39, 0.29) is 23.1 Å². The van der Waals surface area contributed by atoms with E-state index in [1.807, 2.05) is 68.1 Å². The number of carbonyl (C=O) groups excluding carboxylic acids is 2. The van der Waals surface area contributed by atoms with Crippen molar-refractivity contribution in [2.24, 2.45) is 0 Å². The van der Waals surface area contributed by atoms with Gasteiger partial charge in [-0.2, -0.15) is 0 Å². The van der Waals surface area contributed by atoms with Crippen LogP contribution in [0.3, 0.4) is 0 Å². The number of aromatic nitrogens is 1. The van der Waals surface area contributed by atoms with Crippen LogP contribution < -0.4 is 0 Å². The molecule has 2 amide bonds. The monoisotopic (exact) mass is 687 g/mol. The number of hydrogen-bond donors (Lipinski definition) is 1. The Bertz CT molecular complexity index is 1600. The quantitative estimate of drug-likeness (QED) is 0.215. The number of amides is 2. The van der Waals surface area contributed by atoms with Crippen molar-refractivity contribution in [2.75, 3.05) is 13.6 Å². The fraction of sp³-hybridized carbons (Fsp3) is 0.525.